The molecule has 13 heteroatoms. The van der Waals surface area contributed by atoms with E-state index in [1.54, 1.807) is 0 Å². The van der Waals surface area contributed by atoms with Crippen molar-refractivity contribution in [1.82, 2.24) is 9.44 Å². The largest absolute Gasteiger partial charge is 2.00 e. The molecule has 2 N–H and O–H groups in total. The van der Waals surface area contributed by atoms with Crippen LogP contribution in [-0.4, -0.2) is 91.1 Å². The van der Waals surface area contributed by atoms with E-state index in [0.717, 1.165) is 38.5 Å². The molecule has 0 fully saturated rings. The van der Waals surface area contributed by atoms with Crippen LogP contribution < -0.4 is 19.7 Å². The Balaban J connectivity index is -0.00000116. The monoisotopic (exact) mass is 989 g/mol. The number of rotatable bonds is 52. The van der Waals surface area contributed by atoms with Gasteiger partial charge in [0.25, 0.3) is 0 Å². The summed E-state index contributed by atoms with van der Waals surface area (Å²) >= 11 is 0. The molecule has 0 rings (SSSR count). The molecule has 0 heterocycles. The van der Waals surface area contributed by atoms with Gasteiger partial charge >= 0.3 is 37.7 Å². The van der Waals surface area contributed by atoms with Gasteiger partial charge in [0, 0.05) is 0 Å². The number of hydrogen-bond acceptors (Lipinski definition) is 8. The molecule has 0 saturated heterocycles. The van der Waals surface area contributed by atoms with Gasteiger partial charge < -0.3 is 19.8 Å². The third kappa shape index (κ3) is 64.0. The summed E-state index contributed by atoms with van der Waals surface area (Å²) in [4.78, 5) is 20.6. The van der Waals surface area contributed by atoms with Crippen LogP contribution in [0, 0.1) is 0 Å². The second-order valence-corrected chi connectivity index (χ2v) is 22.7. The average molecular weight is 990 g/mol. The van der Waals surface area contributed by atoms with Crippen LogP contribution in [0.15, 0.2) is 0 Å². The molecule has 0 unspecified atom stereocenters. The van der Waals surface area contributed by atoms with Gasteiger partial charge in [0.1, 0.15) is 0 Å². The first-order valence-corrected chi connectivity index (χ1v) is 30.6. The fourth-order valence-corrected chi connectivity index (χ4v) is 10.4. The number of sulfonamides is 2. The van der Waals surface area contributed by atoms with Gasteiger partial charge in [0.2, 0.25) is 20.0 Å². The van der Waals surface area contributed by atoms with Crippen LogP contribution in [0.25, 0.3) is 0 Å². The van der Waals surface area contributed by atoms with Crippen LogP contribution in [0.1, 0.15) is 296 Å². The number of carbonyl (C=O) groups is 2. The summed E-state index contributed by atoms with van der Waals surface area (Å²) in [7, 11) is -6.95. The average Bonchev–Trinajstić information content (AvgIpc) is 3.26. The molecule has 0 aliphatic rings. The maximum atomic E-state index is 11.5. The fraction of sp³-hybridized carbons (Fsp3) is 0.962. The zero-order valence-electron chi connectivity index (χ0n) is 42.7. The molecule has 65 heavy (non-hydrogen) atoms. The molecular weight excluding hydrogens is 885 g/mol. The Morgan fingerprint density at radius 2 is 0.431 bits per heavy atom. The van der Waals surface area contributed by atoms with Crippen molar-refractivity contribution >= 4 is 69.7 Å². The number of hydrogen-bond donors (Lipinski definition) is 2. The van der Waals surface area contributed by atoms with Crippen LogP contribution in [0.3, 0.4) is 0 Å². The maximum Gasteiger partial charge on any atom is 2.00 e. The smallest absolute Gasteiger partial charge is 0.549 e. The van der Waals surface area contributed by atoms with Gasteiger partial charge in [-0.05, 0) is 12.8 Å². The molecule has 0 saturated carbocycles. The number of aliphatic carboxylic acids is 2. The summed E-state index contributed by atoms with van der Waals surface area (Å²) in [6.07, 6.45) is 57.3. The van der Waals surface area contributed by atoms with Crippen molar-refractivity contribution in [2.45, 2.75) is 296 Å². The van der Waals surface area contributed by atoms with Crippen LogP contribution in [0.4, 0.5) is 0 Å². The number of carboxylic acid groups (broad SMARTS) is 2. The van der Waals surface area contributed by atoms with E-state index in [2.05, 4.69) is 13.8 Å². The summed E-state index contributed by atoms with van der Waals surface area (Å²) in [6, 6.07) is 0. The summed E-state index contributed by atoms with van der Waals surface area (Å²) in [6.45, 7) is 3.28. The van der Waals surface area contributed by atoms with Crippen LogP contribution in [0.2, 0.25) is 0 Å². The van der Waals surface area contributed by atoms with Gasteiger partial charge in [-0.1, -0.05) is 284 Å². The zero-order chi connectivity index (χ0) is 47.5. The van der Waals surface area contributed by atoms with Crippen molar-refractivity contribution in [3.8, 4) is 0 Å². The van der Waals surface area contributed by atoms with E-state index in [4.69, 9.17) is 0 Å². The van der Waals surface area contributed by atoms with Gasteiger partial charge in [-0.2, -0.15) is 0 Å². The van der Waals surface area contributed by atoms with Gasteiger partial charge in [-0.25, -0.2) is 26.3 Å². The van der Waals surface area contributed by atoms with E-state index < -0.39 is 45.1 Å². The SMILES string of the molecule is CCCCCCCCCCCCCCCCCCCCCCCCS(=O)(=O)NCC(=O)[O-].CCCCCCCCCCCCCCCCCCCCCCCCS(=O)(=O)NCC(=O)[O-].[Ca+2]. The van der Waals surface area contributed by atoms with Gasteiger partial charge in [0.15, 0.2) is 0 Å². The van der Waals surface area contributed by atoms with Crippen molar-refractivity contribution in [3.05, 3.63) is 0 Å². The first-order valence-electron chi connectivity index (χ1n) is 27.3. The van der Waals surface area contributed by atoms with E-state index in [9.17, 15) is 36.6 Å². The summed E-state index contributed by atoms with van der Waals surface area (Å²) in [5.41, 5.74) is 0. The van der Waals surface area contributed by atoms with E-state index in [1.807, 2.05) is 9.44 Å². The molecule has 0 atom stereocenters. The quantitative estimate of drug-likeness (QED) is 0.0447. The number of carboxylic acids is 2. The Labute approximate surface area is 433 Å². The van der Waals surface area contributed by atoms with E-state index >= 15 is 0 Å². The van der Waals surface area contributed by atoms with Gasteiger partial charge in [0.05, 0.1) is 36.5 Å². The van der Waals surface area contributed by atoms with E-state index in [0.29, 0.717) is 12.8 Å². The Hall–Kier alpha value is 0.0197. The molecule has 384 valence electrons. The van der Waals surface area contributed by atoms with Crippen molar-refractivity contribution in [3.63, 3.8) is 0 Å². The molecule has 0 aliphatic heterocycles. The fourth-order valence-electron chi connectivity index (χ4n) is 8.28. The second-order valence-electron chi connectivity index (χ2n) is 18.9. The van der Waals surface area contributed by atoms with Crippen molar-refractivity contribution in [2.75, 3.05) is 24.6 Å². The number of nitrogens with one attached hydrogen (secondary N) is 2. The van der Waals surface area contributed by atoms with Crippen molar-refractivity contribution < 1.29 is 36.6 Å². The molecule has 0 amide bonds. The van der Waals surface area contributed by atoms with Crippen LogP contribution in [0.5, 0.6) is 0 Å². The Kier molecular flexibility index (Phi) is 58.6. The molecule has 0 aromatic carbocycles. The third-order valence-electron chi connectivity index (χ3n) is 12.4. The molecule has 0 bridgehead atoms. The number of unbranched alkanes of at least 4 members (excludes halogenated alkanes) is 42. The minimum Gasteiger partial charge on any atom is -0.549 e. The maximum absolute atomic E-state index is 11.5. The minimum absolute atomic E-state index is 0. The molecule has 0 aromatic heterocycles. The van der Waals surface area contributed by atoms with Gasteiger partial charge in [-0.15, -0.1) is 0 Å². The Morgan fingerprint density at radius 1 is 0.292 bits per heavy atom. The van der Waals surface area contributed by atoms with Crippen LogP contribution in [-0.2, 0) is 29.6 Å². The van der Waals surface area contributed by atoms with Crippen molar-refractivity contribution in [2.24, 2.45) is 0 Å². The van der Waals surface area contributed by atoms with E-state index in [-0.39, 0.29) is 49.2 Å². The second kappa shape index (κ2) is 55.0. The predicted molar refractivity (Wildman–Crippen MR) is 274 cm³/mol. The normalized spacial score (nSPS) is 11.6. The molecule has 0 spiro atoms. The molecule has 10 nitrogen and oxygen atoms in total. The standard InChI is InChI=1S/2C26H53NO4S.Ca/c2*1-2-3-4-5-6-7-8-9-10-11-12-13-14-15-16-17-18-19-20-21-22-23-24-32(30,31)27-25-26(28)29;/h2*27H,2-25H2,1H3,(H,28,29);/q;;+2/p-2. The predicted octanol–water partition coefficient (Wildman–Crippen LogP) is 12.1. The van der Waals surface area contributed by atoms with E-state index in [1.165, 1.54) is 231 Å². The zero-order valence-corrected chi connectivity index (χ0v) is 46.6. The molecule has 0 radical (unpaired) electrons. The first-order chi connectivity index (χ1) is 31.0. The summed E-state index contributed by atoms with van der Waals surface area (Å²) in [5.74, 6) is -2.80. The summed E-state index contributed by atoms with van der Waals surface area (Å²) in [5, 5.41) is 20.6. The summed E-state index contributed by atoms with van der Waals surface area (Å²) < 4.78 is 50.2. The number of carbonyl (C=O) groups excluding carboxylic acids is 2. The Morgan fingerprint density at radius 3 is 0.569 bits per heavy atom. The molecule has 0 aliphatic carbocycles. The topological polar surface area (TPSA) is 173 Å². The molecular formula is C52H104CaN2O8S2. The third-order valence-corrected chi connectivity index (χ3v) is 15.2. The Bertz CT molecular complexity index is 1120. The van der Waals surface area contributed by atoms with Crippen molar-refractivity contribution in [1.29, 1.82) is 0 Å². The van der Waals surface area contributed by atoms with Gasteiger partial charge in [-0.3, -0.25) is 0 Å². The molecule has 0 aromatic rings. The minimum atomic E-state index is -3.47. The first kappa shape index (κ1) is 69.3. The van der Waals surface area contributed by atoms with Crippen LogP contribution >= 0.6 is 0 Å².